The first-order valence-corrected chi connectivity index (χ1v) is 4.48. The molecule has 12 heavy (non-hydrogen) atoms. The predicted octanol–water partition coefficient (Wildman–Crippen LogP) is 1.78. The Hall–Kier alpha value is -1.05. The Balaban J connectivity index is 2.60. The average molecular weight is 166 g/mol. The van der Waals surface area contributed by atoms with Crippen LogP contribution in [0.5, 0.6) is 5.75 Å². The highest BCUT2D eigenvalue weighted by molar-refractivity contribution is 5.12. The number of hydrogen-bond donors (Lipinski definition) is 0. The zero-order valence-electron chi connectivity index (χ0n) is 7.79. The first-order valence-electron chi connectivity index (χ1n) is 4.48. The summed E-state index contributed by atoms with van der Waals surface area (Å²) < 4.78 is 7.58. The SMILES string of the molecule is CCCOc1ccc[n+](CC)c1. The van der Waals surface area contributed by atoms with Crippen LogP contribution in [0.4, 0.5) is 0 Å². The fourth-order valence-corrected chi connectivity index (χ4v) is 1.000. The molecule has 2 nitrogen and oxygen atoms in total. The van der Waals surface area contributed by atoms with Gasteiger partial charge in [0, 0.05) is 6.07 Å². The number of pyridine rings is 1. The van der Waals surface area contributed by atoms with Crippen LogP contribution in [0.2, 0.25) is 0 Å². The van der Waals surface area contributed by atoms with E-state index in [-0.39, 0.29) is 0 Å². The van der Waals surface area contributed by atoms with Crippen LogP contribution in [0.3, 0.4) is 0 Å². The molecule has 0 spiro atoms. The zero-order chi connectivity index (χ0) is 8.81. The highest BCUT2D eigenvalue weighted by Gasteiger charge is 1.99. The third-order valence-electron chi connectivity index (χ3n) is 1.67. The average Bonchev–Trinajstić information content (AvgIpc) is 2.15. The summed E-state index contributed by atoms with van der Waals surface area (Å²) in [6, 6.07) is 4.00. The smallest absolute Gasteiger partial charge is 0.211 e. The van der Waals surface area contributed by atoms with Crippen molar-refractivity contribution in [2.45, 2.75) is 26.8 Å². The van der Waals surface area contributed by atoms with Crippen LogP contribution >= 0.6 is 0 Å². The molecule has 66 valence electrons. The minimum absolute atomic E-state index is 0.799. The molecule has 1 rings (SSSR count). The molecule has 0 amide bonds. The molecule has 1 aromatic heterocycles. The van der Waals surface area contributed by atoms with Crippen molar-refractivity contribution >= 4 is 0 Å². The predicted molar refractivity (Wildman–Crippen MR) is 48.1 cm³/mol. The number of aromatic nitrogens is 1. The molecule has 0 fully saturated rings. The van der Waals surface area contributed by atoms with Gasteiger partial charge in [0.1, 0.15) is 6.54 Å². The summed E-state index contributed by atoms with van der Waals surface area (Å²) in [7, 11) is 0. The second-order valence-corrected chi connectivity index (χ2v) is 2.72. The van der Waals surface area contributed by atoms with Gasteiger partial charge in [-0.05, 0) is 19.4 Å². The molecule has 0 saturated carbocycles. The van der Waals surface area contributed by atoms with Crippen LogP contribution in [0.15, 0.2) is 24.5 Å². The fraction of sp³-hybridized carbons (Fsp3) is 0.500. The molecule has 0 saturated heterocycles. The largest absolute Gasteiger partial charge is 0.487 e. The lowest BCUT2D eigenvalue weighted by molar-refractivity contribution is -0.693. The maximum Gasteiger partial charge on any atom is 0.211 e. The molecule has 2 heteroatoms. The fourth-order valence-electron chi connectivity index (χ4n) is 1.000. The van der Waals surface area contributed by atoms with Crippen molar-refractivity contribution in [1.29, 1.82) is 0 Å². The van der Waals surface area contributed by atoms with E-state index >= 15 is 0 Å². The topological polar surface area (TPSA) is 13.1 Å². The van der Waals surface area contributed by atoms with Crippen LogP contribution in [0, 0.1) is 0 Å². The van der Waals surface area contributed by atoms with Crippen molar-refractivity contribution in [2.24, 2.45) is 0 Å². The van der Waals surface area contributed by atoms with Gasteiger partial charge in [-0.2, -0.15) is 0 Å². The van der Waals surface area contributed by atoms with Crippen molar-refractivity contribution in [3.05, 3.63) is 24.5 Å². The highest BCUT2D eigenvalue weighted by atomic mass is 16.5. The van der Waals surface area contributed by atoms with E-state index in [0.29, 0.717) is 0 Å². The van der Waals surface area contributed by atoms with E-state index in [1.165, 1.54) is 0 Å². The molecular formula is C10H16NO+. The summed E-state index contributed by atoms with van der Waals surface area (Å²) in [6.45, 7) is 6.01. The summed E-state index contributed by atoms with van der Waals surface area (Å²) in [5.74, 6) is 0.959. The number of rotatable bonds is 4. The number of nitrogens with zero attached hydrogens (tertiary/aromatic N) is 1. The lowest BCUT2D eigenvalue weighted by atomic mass is 10.4. The standard InChI is InChI=1S/C10H16NO/c1-3-8-12-10-6-5-7-11(4-2)9-10/h5-7,9H,3-4,8H2,1-2H3/q+1. The maximum absolute atomic E-state index is 5.48. The summed E-state index contributed by atoms with van der Waals surface area (Å²) in [6.07, 6.45) is 5.12. The van der Waals surface area contributed by atoms with Crippen molar-refractivity contribution < 1.29 is 9.30 Å². The minimum atomic E-state index is 0.799. The van der Waals surface area contributed by atoms with Crippen molar-refractivity contribution in [1.82, 2.24) is 0 Å². The summed E-state index contributed by atoms with van der Waals surface area (Å²) in [4.78, 5) is 0. The van der Waals surface area contributed by atoms with Gasteiger partial charge in [0.15, 0.2) is 11.9 Å². The first kappa shape index (κ1) is 9.04. The van der Waals surface area contributed by atoms with Gasteiger partial charge < -0.3 is 4.74 Å². The Kier molecular flexibility index (Phi) is 3.58. The van der Waals surface area contributed by atoms with Crippen molar-refractivity contribution in [3.8, 4) is 5.75 Å². The van der Waals surface area contributed by atoms with E-state index in [1.54, 1.807) is 0 Å². The Morgan fingerprint density at radius 2 is 2.25 bits per heavy atom. The normalized spacial score (nSPS) is 9.83. The van der Waals surface area contributed by atoms with Gasteiger partial charge in [-0.3, -0.25) is 0 Å². The molecule has 0 atom stereocenters. The van der Waals surface area contributed by atoms with Crippen LogP contribution in [0.25, 0.3) is 0 Å². The molecular weight excluding hydrogens is 150 g/mol. The number of ether oxygens (including phenoxy) is 1. The lowest BCUT2D eigenvalue weighted by Crippen LogP contribution is -2.30. The quantitative estimate of drug-likeness (QED) is 0.621. The third kappa shape index (κ3) is 2.53. The Labute approximate surface area is 73.8 Å². The van der Waals surface area contributed by atoms with Crippen molar-refractivity contribution in [3.63, 3.8) is 0 Å². The Morgan fingerprint density at radius 3 is 2.92 bits per heavy atom. The molecule has 0 N–H and O–H groups in total. The zero-order valence-corrected chi connectivity index (χ0v) is 7.79. The van der Waals surface area contributed by atoms with E-state index in [4.69, 9.17) is 4.74 Å². The highest BCUT2D eigenvalue weighted by Crippen LogP contribution is 2.05. The second-order valence-electron chi connectivity index (χ2n) is 2.72. The van der Waals surface area contributed by atoms with E-state index in [2.05, 4.69) is 18.4 Å². The number of hydrogen-bond acceptors (Lipinski definition) is 1. The lowest BCUT2D eigenvalue weighted by Gasteiger charge is -2.01. The molecule has 0 aliphatic carbocycles. The van der Waals surface area contributed by atoms with E-state index in [1.807, 2.05) is 24.5 Å². The summed E-state index contributed by atoms with van der Waals surface area (Å²) in [5, 5.41) is 0. The van der Waals surface area contributed by atoms with Gasteiger partial charge >= 0.3 is 0 Å². The molecule has 1 heterocycles. The molecule has 0 aliphatic heterocycles. The van der Waals surface area contributed by atoms with Gasteiger partial charge in [0.25, 0.3) is 0 Å². The molecule has 1 aromatic rings. The molecule has 0 bridgehead atoms. The van der Waals surface area contributed by atoms with Gasteiger partial charge in [-0.25, -0.2) is 4.57 Å². The Bertz CT molecular complexity index is 235. The van der Waals surface area contributed by atoms with E-state index in [0.717, 1.165) is 25.3 Å². The monoisotopic (exact) mass is 166 g/mol. The summed E-state index contributed by atoms with van der Waals surface area (Å²) in [5.41, 5.74) is 0. The maximum atomic E-state index is 5.48. The molecule has 0 radical (unpaired) electrons. The van der Waals surface area contributed by atoms with E-state index < -0.39 is 0 Å². The number of aryl methyl sites for hydroxylation is 1. The van der Waals surface area contributed by atoms with Crippen LogP contribution in [-0.2, 0) is 6.54 Å². The molecule has 0 aromatic carbocycles. The van der Waals surface area contributed by atoms with E-state index in [9.17, 15) is 0 Å². The third-order valence-corrected chi connectivity index (χ3v) is 1.67. The minimum Gasteiger partial charge on any atom is -0.487 e. The van der Waals surface area contributed by atoms with Crippen molar-refractivity contribution in [2.75, 3.05) is 6.61 Å². The second kappa shape index (κ2) is 4.75. The molecule has 0 unspecified atom stereocenters. The van der Waals surface area contributed by atoms with Crippen LogP contribution < -0.4 is 9.30 Å². The molecule has 0 aliphatic rings. The van der Waals surface area contributed by atoms with Gasteiger partial charge in [0.2, 0.25) is 6.20 Å². The van der Waals surface area contributed by atoms with Gasteiger partial charge in [-0.1, -0.05) is 6.92 Å². The van der Waals surface area contributed by atoms with Crippen LogP contribution in [0.1, 0.15) is 20.3 Å². The Morgan fingerprint density at radius 1 is 1.42 bits per heavy atom. The first-order chi connectivity index (χ1) is 5.86. The van der Waals surface area contributed by atoms with Crippen LogP contribution in [-0.4, -0.2) is 6.61 Å². The van der Waals surface area contributed by atoms with Gasteiger partial charge in [-0.15, -0.1) is 0 Å². The van der Waals surface area contributed by atoms with Gasteiger partial charge in [0.05, 0.1) is 6.61 Å². The summed E-state index contributed by atoms with van der Waals surface area (Å²) >= 11 is 0.